The quantitative estimate of drug-likeness (QED) is 0.662. The highest BCUT2D eigenvalue weighted by atomic mass is 35.5. The van der Waals surface area contributed by atoms with Gasteiger partial charge in [-0.25, -0.2) is 0 Å². The van der Waals surface area contributed by atoms with E-state index in [0.717, 1.165) is 16.8 Å². The molecular weight excluding hydrogens is 390 g/mol. The van der Waals surface area contributed by atoms with Crippen molar-refractivity contribution in [2.45, 2.75) is 26.3 Å². The monoisotopic (exact) mass is 415 g/mol. The van der Waals surface area contributed by atoms with Crippen LogP contribution in [0.1, 0.15) is 30.5 Å². The SMILES string of the molecule is COc1ccc(OC)c(C(C)NCC(=O)N(CCC#N)c2ccc(Cl)c(C)c2)c1. The van der Waals surface area contributed by atoms with Crippen molar-refractivity contribution in [1.82, 2.24) is 5.32 Å². The molecule has 0 aliphatic rings. The van der Waals surface area contributed by atoms with Crippen molar-refractivity contribution >= 4 is 23.2 Å². The van der Waals surface area contributed by atoms with Crippen LogP contribution >= 0.6 is 11.6 Å². The maximum Gasteiger partial charge on any atom is 0.240 e. The summed E-state index contributed by atoms with van der Waals surface area (Å²) in [5, 5.41) is 12.8. The zero-order valence-electron chi connectivity index (χ0n) is 17.2. The third kappa shape index (κ3) is 5.86. The minimum atomic E-state index is -0.145. The van der Waals surface area contributed by atoms with Crippen molar-refractivity contribution in [3.05, 3.63) is 52.5 Å². The first-order chi connectivity index (χ1) is 13.9. The van der Waals surface area contributed by atoms with Crippen LogP contribution in [-0.2, 0) is 4.79 Å². The summed E-state index contributed by atoms with van der Waals surface area (Å²) < 4.78 is 10.7. The van der Waals surface area contributed by atoms with Crippen LogP contribution in [0.3, 0.4) is 0 Å². The first kappa shape index (κ1) is 22.5. The Morgan fingerprint density at radius 1 is 1.24 bits per heavy atom. The predicted molar refractivity (Wildman–Crippen MR) is 115 cm³/mol. The molecule has 0 spiro atoms. The Labute approximate surface area is 177 Å². The lowest BCUT2D eigenvalue weighted by atomic mass is 10.1. The van der Waals surface area contributed by atoms with Gasteiger partial charge in [-0.15, -0.1) is 0 Å². The van der Waals surface area contributed by atoms with Gasteiger partial charge in [0.25, 0.3) is 0 Å². The van der Waals surface area contributed by atoms with Crippen LogP contribution in [0.4, 0.5) is 5.69 Å². The van der Waals surface area contributed by atoms with Crippen molar-refractivity contribution in [2.75, 3.05) is 32.2 Å². The largest absolute Gasteiger partial charge is 0.497 e. The van der Waals surface area contributed by atoms with E-state index in [1.165, 1.54) is 0 Å². The Kier molecular flexibility index (Phi) is 8.32. The molecule has 0 fully saturated rings. The number of anilines is 1. The normalized spacial score (nSPS) is 11.4. The molecule has 6 nitrogen and oxygen atoms in total. The third-order valence-electron chi connectivity index (χ3n) is 4.66. The van der Waals surface area contributed by atoms with Crippen LogP contribution in [0.15, 0.2) is 36.4 Å². The Morgan fingerprint density at radius 2 is 2.00 bits per heavy atom. The van der Waals surface area contributed by atoms with E-state index < -0.39 is 0 Å². The van der Waals surface area contributed by atoms with Crippen LogP contribution in [0.5, 0.6) is 11.5 Å². The van der Waals surface area contributed by atoms with Gasteiger partial charge in [0.2, 0.25) is 5.91 Å². The summed E-state index contributed by atoms with van der Waals surface area (Å²) in [5.41, 5.74) is 2.49. The number of aryl methyl sites for hydroxylation is 1. The molecule has 0 aliphatic heterocycles. The molecule has 0 aliphatic carbocycles. The molecule has 29 heavy (non-hydrogen) atoms. The Hall–Kier alpha value is -2.75. The highest BCUT2D eigenvalue weighted by molar-refractivity contribution is 6.31. The average molecular weight is 416 g/mol. The van der Waals surface area contributed by atoms with Gasteiger partial charge in [0.15, 0.2) is 0 Å². The topological polar surface area (TPSA) is 74.6 Å². The van der Waals surface area contributed by atoms with Gasteiger partial charge in [-0.3, -0.25) is 4.79 Å². The van der Waals surface area contributed by atoms with Gasteiger partial charge in [-0.05, 0) is 55.8 Å². The number of nitrogens with one attached hydrogen (secondary N) is 1. The predicted octanol–water partition coefficient (Wildman–Crippen LogP) is 4.26. The van der Waals surface area contributed by atoms with Crippen LogP contribution < -0.4 is 19.7 Å². The number of carbonyl (C=O) groups excluding carboxylic acids is 1. The fourth-order valence-electron chi connectivity index (χ4n) is 2.98. The summed E-state index contributed by atoms with van der Waals surface area (Å²) in [5.74, 6) is 1.30. The molecule has 1 atom stereocenters. The number of carbonyl (C=O) groups is 1. The average Bonchev–Trinajstić information content (AvgIpc) is 2.74. The molecule has 0 saturated carbocycles. The van der Waals surface area contributed by atoms with Crippen molar-refractivity contribution in [3.8, 4) is 17.6 Å². The van der Waals surface area contributed by atoms with E-state index in [-0.39, 0.29) is 24.9 Å². The van der Waals surface area contributed by atoms with Gasteiger partial charge < -0.3 is 19.7 Å². The lowest BCUT2D eigenvalue weighted by molar-refractivity contribution is -0.117. The first-order valence-electron chi connectivity index (χ1n) is 9.30. The highest BCUT2D eigenvalue weighted by Crippen LogP contribution is 2.29. The number of nitriles is 1. The molecule has 2 aromatic carbocycles. The summed E-state index contributed by atoms with van der Waals surface area (Å²) >= 11 is 6.10. The van der Waals surface area contributed by atoms with Crippen molar-refractivity contribution in [3.63, 3.8) is 0 Å². The van der Waals surface area contributed by atoms with Gasteiger partial charge in [0.1, 0.15) is 11.5 Å². The molecule has 0 aromatic heterocycles. The Morgan fingerprint density at radius 3 is 2.62 bits per heavy atom. The smallest absolute Gasteiger partial charge is 0.240 e. The summed E-state index contributed by atoms with van der Waals surface area (Å²) in [6.45, 7) is 4.26. The number of hydrogen-bond acceptors (Lipinski definition) is 5. The standard InChI is InChI=1S/C22H26ClN3O3/c1-15-12-17(6-8-20(15)23)26(11-5-10-24)22(27)14-25-16(2)19-13-18(28-3)7-9-21(19)29-4/h6-9,12-13,16,25H,5,11,14H2,1-4H3. The van der Waals surface area contributed by atoms with Crippen molar-refractivity contribution in [2.24, 2.45) is 0 Å². The van der Waals surface area contributed by atoms with Gasteiger partial charge in [-0.2, -0.15) is 5.26 Å². The molecule has 2 aromatic rings. The van der Waals surface area contributed by atoms with E-state index in [1.54, 1.807) is 31.3 Å². The number of ether oxygens (including phenoxy) is 2. The minimum absolute atomic E-state index is 0.106. The van der Waals surface area contributed by atoms with Crippen LogP contribution in [0, 0.1) is 18.3 Å². The number of halogens is 1. The molecule has 0 radical (unpaired) electrons. The number of methoxy groups -OCH3 is 2. The van der Waals surface area contributed by atoms with E-state index in [9.17, 15) is 4.79 Å². The fourth-order valence-corrected chi connectivity index (χ4v) is 3.10. The second-order valence-electron chi connectivity index (χ2n) is 6.60. The Bertz CT molecular complexity index is 895. The first-order valence-corrected chi connectivity index (χ1v) is 9.67. The number of hydrogen-bond donors (Lipinski definition) is 1. The number of benzene rings is 2. The van der Waals surface area contributed by atoms with Crippen molar-refractivity contribution in [1.29, 1.82) is 5.26 Å². The van der Waals surface area contributed by atoms with E-state index in [2.05, 4.69) is 11.4 Å². The van der Waals surface area contributed by atoms with E-state index >= 15 is 0 Å². The van der Waals surface area contributed by atoms with Gasteiger partial charge in [0, 0.05) is 28.9 Å². The maximum atomic E-state index is 12.9. The van der Waals surface area contributed by atoms with Crippen LogP contribution in [-0.4, -0.2) is 33.2 Å². The Balaban J connectivity index is 2.15. The van der Waals surface area contributed by atoms with Crippen molar-refractivity contribution < 1.29 is 14.3 Å². The van der Waals surface area contributed by atoms with Crippen LogP contribution in [0.25, 0.3) is 0 Å². The number of amides is 1. The second-order valence-corrected chi connectivity index (χ2v) is 7.00. The molecule has 154 valence electrons. The minimum Gasteiger partial charge on any atom is -0.497 e. The molecule has 7 heteroatoms. The van der Waals surface area contributed by atoms with Gasteiger partial charge in [0.05, 0.1) is 33.3 Å². The highest BCUT2D eigenvalue weighted by Gasteiger charge is 2.19. The molecule has 1 N–H and O–H groups in total. The molecule has 1 amide bonds. The molecule has 1 unspecified atom stereocenters. The lowest BCUT2D eigenvalue weighted by Crippen LogP contribution is -2.39. The van der Waals surface area contributed by atoms with E-state index in [0.29, 0.717) is 23.1 Å². The van der Waals surface area contributed by atoms with Gasteiger partial charge in [-0.1, -0.05) is 11.6 Å². The third-order valence-corrected chi connectivity index (χ3v) is 5.09. The number of rotatable bonds is 9. The van der Waals surface area contributed by atoms with Gasteiger partial charge >= 0.3 is 0 Å². The van der Waals surface area contributed by atoms with Crippen LogP contribution in [0.2, 0.25) is 5.02 Å². The zero-order valence-corrected chi connectivity index (χ0v) is 17.9. The molecule has 0 bridgehead atoms. The summed E-state index contributed by atoms with van der Waals surface area (Å²) in [6, 6.07) is 12.9. The van der Waals surface area contributed by atoms with E-state index in [4.69, 9.17) is 26.3 Å². The fraction of sp³-hybridized carbons (Fsp3) is 0.364. The molecular formula is C22H26ClN3O3. The zero-order chi connectivity index (χ0) is 21.4. The summed E-state index contributed by atoms with van der Waals surface area (Å²) in [7, 11) is 3.21. The van der Waals surface area contributed by atoms with E-state index in [1.807, 2.05) is 38.1 Å². The summed E-state index contributed by atoms with van der Waals surface area (Å²) in [6.07, 6.45) is 0.243. The maximum absolute atomic E-state index is 12.9. The molecule has 2 rings (SSSR count). The molecule has 0 saturated heterocycles. The molecule has 0 heterocycles. The number of nitrogens with zero attached hydrogens (tertiary/aromatic N) is 2. The summed E-state index contributed by atoms with van der Waals surface area (Å²) in [4.78, 5) is 14.5. The lowest BCUT2D eigenvalue weighted by Gasteiger charge is -2.24. The second kappa shape index (κ2) is 10.7.